The minimum absolute atomic E-state index is 0.0766. The molecule has 18 heavy (non-hydrogen) atoms. The van der Waals surface area contributed by atoms with Gasteiger partial charge in [-0.1, -0.05) is 26.0 Å². The monoisotopic (exact) mass is 245 g/mol. The van der Waals surface area contributed by atoms with Crippen molar-refractivity contribution in [3.8, 4) is 0 Å². The number of carbonyl (C=O) groups excluding carboxylic acids is 1. The van der Waals surface area contributed by atoms with E-state index in [0.717, 1.165) is 12.1 Å². The van der Waals surface area contributed by atoms with Crippen molar-refractivity contribution < 1.29 is 4.79 Å². The van der Waals surface area contributed by atoms with Crippen molar-refractivity contribution in [1.29, 1.82) is 0 Å². The fourth-order valence-corrected chi connectivity index (χ4v) is 2.53. The highest BCUT2D eigenvalue weighted by Crippen LogP contribution is 2.32. The second-order valence-corrected chi connectivity index (χ2v) is 6.18. The van der Waals surface area contributed by atoms with Crippen LogP contribution in [-0.2, 0) is 4.79 Å². The van der Waals surface area contributed by atoms with Gasteiger partial charge in [0.05, 0.1) is 6.54 Å². The summed E-state index contributed by atoms with van der Waals surface area (Å²) in [4.78, 5) is 13.9. The zero-order chi connectivity index (χ0) is 13.3. The number of hydrogen-bond donors (Lipinski definition) is 0. The molecule has 1 aromatic carbocycles. The first-order valence-corrected chi connectivity index (χ1v) is 6.79. The first-order valence-electron chi connectivity index (χ1n) is 6.79. The average Bonchev–Trinajstić information content (AvgIpc) is 2.32. The maximum absolute atomic E-state index is 11.7. The van der Waals surface area contributed by atoms with Crippen LogP contribution in [0.25, 0.3) is 0 Å². The number of anilines is 1. The van der Waals surface area contributed by atoms with Gasteiger partial charge in [0, 0.05) is 17.6 Å². The lowest BCUT2D eigenvalue weighted by Crippen LogP contribution is -2.50. The predicted molar refractivity (Wildman–Crippen MR) is 76.2 cm³/mol. The van der Waals surface area contributed by atoms with Gasteiger partial charge in [-0.25, -0.2) is 0 Å². The summed E-state index contributed by atoms with van der Waals surface area (Å²) in [5, 5.41) is 0. The Hall–Kier alpha value is -1.31. The summed E-state index contributed by atoms with van der Waals surface area (Å²) in [7, 11) is 0. The van der Waals surface area contributed by atoms with Crippen LogP contribution in [-0.4, -0.2) is 17.9 Å². The quantitative estimate of drug-likeness (QED) is 0.790. The Balaban J connectivity index is 2.26. The molecule has 98 valence electrons. The SMILES string of the molecule is CC(C)c1ccc(N2CC(=O)CCC2(C)C)cc1. The van der Waals surface area contributed by atoms with Crippen molar-refractivity contribution >= 4 is 11.5 Å². The van der Waals surface area contributed by atoms with E-state index in [0.29, 0.717) is 24.7 Å². The van der Waals surface area contributed by atoms with Crippen LogP contribution in [0.4, 0.5) is 5.69 Å². The number of Topliss-reactive ketones (excluding diaryl/α,β-unsaturated/α-hetero) is 1. The van der Waals surface area contributed by atoms with Gasteiger partial charge in [-0.05, 0) is 43.9 Å². The number of nitrogens with zero attached hydrogens (tertiary/aromatic N) is 1. The lowest BCUT2D eigenvalue weighted by molar-refractivity contribution is -0.119. The van der Waals surface area contributed by atoms with Crippen molar-refractivity contribution in [3.63, 3.8) is 0 Å². The normalized spacial score (nSPS) is 19.4. The Morgan fingerprint density at radius 2 is 1.78 bits per heavy atom. The summed E-state index contributed by atoms with van der Waals surface area (Å²) in [6.45, 7) is 9.38. The van der Waals surface area contributed by atoms with Crippen molar-refractivity contribution in [2.75, 3.05) is 11.4 Å². The molecule has 2 nitrogen and oxygen atoms in total. The fraction of sp³-hybridized carbons (Fsp3) is 0.562. The molecule has 1 fully saturated rings. The van der Waals surface area contributed by atoms with E-state index < -0.39 is 0 Å². The summed E-state index contributed by atoms with van der Waals surface area (Å²) in [6.07, 6.45) is 1.66. The molecule has 0 unspecified atom stereocenters. The number of piperidine rings is 1. The Morgan fingerprint density at radius 3 is 2.33 bits per heavy atom. The third-order valence-corrected chi connectivity index (χ3v) is 3.95. The van der Waals surface area contributed by atoms with Crippen LogP contribution >= 0.6 is 0 Å². The van der Waals surface area contributed by atoms with Gasteiger partial charge in [0.2, 0.25) is 0 Å². The van der Waals surface area contributed by atoms with Crippen LogP contribution in [0.1, 0.15) is 52.0 Å². The number of rotatable bonds is 2. The van der Waals surface area contributed by atoms with Gasteiger partial charge in [-0.2, -0.15) is 0 Å². The third-order valence-electron chi connectivity index (χ3n) is 3.95. The highest BCUT2D eigenvalue weighted by atomic mass is 16.1. The van der Waals surface area contributed by atoms with E-state index >= 15 is 0 Å². The van der Waals surface area contributed by atoms with Crippen molar-refractivity contribution in [2.45, 2.75) is 52.0 Å². The minimum Gasteiger partial charge on any atom is -0.359 e. The van der Waals surface area contributed by atoms with Crippen LogP contribution in [0.2, 0.25) is 0 Å². The maximum atomic E-state index is 11.7. The van der Waals surface area contributed by atoms with Crippen molar-refractivity contribution in [1.82, 2.24) is 0 Å². The van der Waals surface area contributed by atoms with Gasteiger partial charge in [-0.15, -0.1) is 0 Å². The van der Waals surface area contributed by atoms with E-state index in [-0.39, 0.29) is 5.54 Å². The Morgan fingerprint density at radius 1 is 1.17 bits per heavy atom. The van der Waals surface area contributed by atoms with Gasteiger partial charge < -0.3 is 4.90 Å². The van der Waals surface area contributed by atoms with Gasteiger partial charge in [0.15, 0.2) is 5.78 Å². The average molecular weight is 245 g/mol. The lowest BCUT2D eigenvalue weighted by Gasteiger charge is -2.43. The summed E-state index contributed by atoms with van der Waals surface area (Å²) in [6, 6.07) is 8.65. The molecule has 1 heterocycles. The molecule has 0 N–H and O–H groups in total. The first-order chi connectivity index (χ1) is 8.40. The molecule has 0 saturated carbocycles. The van der Waals surface area contributed by atoms with Crippen LogP contribution in [0.15, 0.2) is 24.3 Å². The summed E-state index contributed by atoms with van der Waals surface area (Å²) in [5.41, 5.74) is 2.59. The molecule has 2 rings (SSSR count). The highest BCUT2D eigenvalue weighted by Gasteiger charge is 2.33. The smallest absolute Gasteiger partial charge is 0.152 e. The molecule has 1 aliphatic heterocycles. The zero-order valence-electron chi connectivity index (χ0n) is 11.9. The van der Waals surface area contributed by atoms with Crippen molar-refractivity contribution in [3.05, 3.63) is 29.8 Å². The van der Waals surface area contributed by atoms with Crippen LogP contribution in [0.5, 0.6) is 0 Å². The number of benzene rings is 1. The zero-order valence-corrected chi connectivity index (χ0v) is 11.9. The summed E-state index contributed by atoms with van der Waals surface area (Å²) >= 11 is 0. The molecule has 0 aliphatic carbocycles. The van der Waals surface area contributed by atoms with Gasteiger partial charge in [-0.3, -0.25) is 4.79 Å². The van der Waals surface area contributed by atoms with E-state index in [2.05, 4.69) is 56.9 Å². The summed E-state index contributed by atoms with van der Waals surface area (Å²) < 4.78 is 0. The largest absolute Gasteiger partial charge is 0.359 e. The Labute approximate surface area is 110 Å². The van der Waals surface area contributed by atoms with E-state index in [1.54, 1.807) is 0 Å². The molecule has 0 bridgehead atoms. The molecule has 0 spiro atoms. The van der Waals surface area contributed by atoms with E-state index in [4.69, 9.17) is 0 Å². The van der Waals surface area contributed by atoms with E-state index in [9.17, 15) is 4.79 Å². The second-order valence-electron chi connectivity index (χ2n) is 6.18. The molecule has 0 atom stereocenters. The third kappa shape index (κ3) is 2.58. The fourth-order valence-electron chi connectivity index (χ4n) is 2.53. The molecule has 2 heteroatoms. The topological polar surface area (TPSA) is 20.3 Å². The predicted octanol–water partition coefficient (Wildman–Crippen LogP) is 3.76. The van der Waals surface area contributed by atoms with Crippen LogP contribution < -0.4 is 4.90 Å². The molecule has 1 aliphatic rings. The Bertz CT molecular complexity index is 431. The minimum atomic E-state index is 0.0766. The lowest BCUT2D eigenvalue weighted by atomic mass is 9.89. The molecule has 1 saturated heterocycles. The molecule has 0 amide bonds. The van der Waals surface area contributed by atoms with E-state index in [1.165, 1.54) is 5.56 Å². The van der Waals surface area contributed by atoms with Gasteiger partial charge in [0.1, 0.15) is 0 Å². The molecule has 0 aromatic heterocycles. The van der Waals surface area contributed by atoms with Gasteiger partial charge in [0.25, 0.3) is 0 Å². The maximum Gasteiger partial charge on any atom is 0.152 e. The number of hydrogen-bond acceptors (Lipinski definition) is 2. The second kappa shape index (κ2) is 4.75. The molecular formula is C16H23NO. The molecule has 1 aromatic rings. The Kier molecular flexibility index (Phi) is 3.47. The van der Waals surface area contributed by atoms with E-state index in [1.807, 2.05) is 0 Å². The van der Waals surface area contributed by atoms with Crippen LogP contribution in [0, 0.1) is 0 Å². The first kappa shape index (κ1) is 13.1. The number of ketones is 1. The summed E-state index contributed by atoms with van der Waals surface area (Å²) in [5.74, 6) is 0.900. The number of carbonyl (C=O) groups is 1. The molecule has 0 radical (unpaired) electrons. The standard InChI is InChI=1S/C16H23NO/c1-12(2)13-5-7-14(8-6-13)17-11-15(18)9-10-16(17,3)4/h5-8,12H,9-11H2,1-4H3. The van der Waals surface area contributed by atoms with Crippen molar-refractivity contribution in [2.24, 2.45) is 0 Å². The molecular weight excluding hydrogens is 222 g/mol. The highest BCUT2D eigenvalue weighted by molar-refractivity contribution is 5.85. The van der Waals surface area contributed by atoms with Crippen LogP contribution in [0.3, 0.4) is 0 Å². The van der Waals surface area contributed by atoms with Gasteiger partial charge >= 0.3 is 0 Å².